The lowest BCUT2D eigenvalue weighted by Crippen LogP contribution is -2.51. The fourth-order valence-corrected chi connectivity index (χ4v) is 3.22. The molecule has 0 aromatic carbocycles. The molecule has 2 aliphatic carbocycles. The van der Waals surface area contributed by atoms with Crippen LogP contribution < -0.4 is 0 Å². The fraction of sp³-hybridized carbons (Fsp3) is 1.00. The molecule has 0 aromatic heterocycles. The SMILES string of the molecule is CCCN(CC1CC1)C1CC(O)CCC1C(F)(F)F. The topological polar surface area (TPSA) is 23.5 Å². The number of aliphatic hydroxyl groups is 1. The smallest absolute Gasteiger partial charge is 0.393 e. The average molecular weight is 279 g/mol. The Balaban J connectivity index is 2.08. The van der Waals surface area contributed by atoms with E-state index in [1.165, 1.54) is 0 Å². The van der Waals surface area contributed by atoms with E-state index in [1.54, 1.807) is 0 Å². The van der Waals surface area contributed by atoms with Crippen molar-refractivity contribution in [3.05, 3.63) is 0 Å². The van der Waals surface area contributed by atoms with Gasteiger partial charge in [-0.25, -0.2) is 0 Å². The van der Waals surface area contributed by atoms with Gasteiger partial charge in [-0.05, 0) is 51.0 Å². The number of halogens is 3. The molecule has 112 valence electrons. The molecule has 3 unspecified atom stereocenters. The first kappa shape index (κ1) is 15.1. The van der Waals surface area contributed by atoms with Gasteiger partial charge in [0.05, 0.1) is 12.0 Å². The summed E-state index contributed by atoms with van der Waals surface area (Å²) >= 11 is 0. The molecule has 2 aliphatic rings. The highest BCUT2D eigenvalue weighted by atomic mass is 19.4. The first-order chi connectivity index (χ1) is 8.91. The molecule has 0 aliphatic heterocycles. The summed E-state index contributed by atoms with van der Waals surface area (Å²) in [6, 6.07) is -0.524. The zero-order chi connectivity index (χ0) is 14.0. The van der Waals surface area contributed by atoms with E-state index in [2.05, 4.69) is 0 Å². The largest absolute Gasteiger partial charge is 0.393 e. The van der Waals surface area contributed by atoms with Crippen molar-refractivity contribution < 1.29 is 18.3 Å². The minimum Gasteiger partial charge on any atom is -0.393 e. The van der Waals surface area contributed by atoms with Gasteiger partial charge in [-0.3, -0.25) is 4.90 Å². The average Bonchev–Trinajstić information content (AvgIpc) is 3.10. The second kappa shape index (κ2) is 6.00. The maximum Gasteiger partial charge on any atom is 0.393 e. The van der Waals surface area contributed by atoms with Crippen LogP contribution in [0.4, 0.5) is 13.2 Å². The molecular weight excluding hydrogens is 255 g/mol. The number of alkyl halides is 3. The Bertz CT molecular complexity index is 291. The molecule has 0 radical (unpaired) electrons. The quantitative estimate of drug-likeness (QED) is 0.835. The standard InChI is InChI=1S/C14H24F3NO/c1-2-7-18(9-10-3-4-10)13-8-11(19)5-6-12(13)14(15,16)17/h10-13,19H,2-9H2,1H3. The third-order valence-corrected chi connectivity index (χ3v) is 4.38. The Morgan fingerprint density at radius 3 is 2.37 bits per heavy atom. The Morgan fingerprint density at radius 2 is 1.84 bits per heavy atom. The van der Waals surface area contributed by atoms with E-state index in [1.807, 2.05) is 11.8 Å². The number of hydrogen-bond acceptors (Lipinski definition) is 2. The zero-order valence-electron chi connectivity index (χ0n) is 11.5. The molecule has 2 saturated carbocycles. The lowest BCUT2D eigenvalue weighted by Gasteiger charge is -2.42. The van der Waals surface area contributed by atoms with Gasteiger partial charge in [0.25, 0.3) is 0 Å². The number of aliphatic hydroxyl groups excluding tert-OH is 1. The summed E-state index contributed by atoms with van der Waals surface area (Å²) in [6.07, 6.45) is -0.925. The Hall–Kier alpha value is -0.290. The van der Waals surface area contributed by atoms with Crippen LogP contribution in [-0.4, -0.2) is 41.4 Å². The van der Waals surface area contributed by atoms with Crippen LogP contribution in [0.25, 0.3) is 0 Å². The van der Waals surface area contributed by atoms with Gasteiger partial charge in [-0.1, -0.05) is 6.92 Å². The molecule has 1 N–H and O–H groups in total. The molecule has 0 saturated heterocycles. The Morgan fingerprint density at radius 1 is 1.16 bits per heavy atom. The van der Waals surface area contributed by atoms with Gasteiger partial charge in [0.1, 0.15) is 0 Å². The summed E-state index contributed by atoms with van der Waals surface area (Å²) in [5.41, 5.74) is 0. The monoisotopic (exact) mass is 279 g/mol. The molecular formula is C14H24F3NO. The highest BCUT2D eigenvalue weighted by Gasteiger charge is 2.49. The van der Waals surface area contributed by atoms with Crippen LogP contribution in [0.5, 0.6) is 0 Å². The number of rotatable bonds is 5. The molecule has 3 atom stereocenters. The molecule has 2 fully saturated rings. The second-order valence-electron chi connectivity index (χ2n) is 6.12. The van der Waals surface area contributed by atoms with Crippen molar-refractivity contribution in [1.82, 2.24) is 4.90 Å². The molecule has 2 rings (SSSR count). The van der Waals surface area contributed by atoms with Crippen molar-refractivity contribution in [2.24, 2.45) is 11.8 Å². The van der Waals surface area contributed by atoms with E-state index in [9.17, 15) is 18.3 Å². The Kier molecular flexibility index (Phi) is 4.77. The van der Waals surface area contributed by atoms with Crippen LogP contribution in [0.2, 0.25) is 0 Å². The van der Waals surface area contributed by atoms with Crippen LogP contribution in [0.3, 0.4) is 0 Å². The highest BCUT2D eigenvalue weighted by molar-refractivity contribution is 4.92. The van der Waals surface area contributed by atoms with Crippen molar-refractivity contribution in [2.75, 3.05) is 13.1 Å². The van der Waals surface area contributed by atoms with Crippen LogP contribution in [0, 0.1) is 11.8 Å². The van der Waals surface area contributed by atoms with E-state index >= 15 is 0 Å². The summed E-state index contributed by atoms with van der Waals surface area (Å²) in [5.74, 6) is -0.680. The van der Waals surface area contributed by atoms with E-state index in [0.29, 0.717) is 12.5 Å². The molecule has 0 bridgehead atoms. The van der Waals surface area contributed by atoms with Crippen molar-refractivity contribution in [3.8, 4) is 0 Å². The third-order valence-electron chi connectivity index (χ3n) is 4.38. The van der Waals surface area contributed by atoms with Crippen molar-refractivity contribution >= 4 is 0 Å². The minimum atomic E-state index is -4.14. The molecule has 0 aromatic rings. The minimum absolute atomic E-state index is 0.0697. The van der Waals surface area contributed by atoms with Crippen LogP contribution >= 0.6 is 0 Å². The van der Waals surface area contributed by atoms with Gasteiger partial charge in [0.2, 0.25) is 0 Å². The van der Waals surface area contributed by atoms with E-state index in [0.717, 1.165) is 25.8 Å². The van der Waals surface area contributed by atoms with Gasteiger partial charge in [-0.15, -0.1) is 0 Å². The van der Waals surface area contributed by atoms with Crippen LogP contribution in [0.15, 0.2) is 0 Å². The fourth-order valence-electron chi connectivity index (χ4n) is 3.22. The lowest BCUT2D eigenvalue weighted by molar-refractivity contribution is -0.205. The van der Waals surface area contributed by atoms with Gasteiger partial charge in [-0.2, -0.15) is 13.2 Å². The van der Waals surface area contributed by atoms with Crippen molar-refractivity contribution in [2.45, 2.75) is 63.8 Å². The highest BCUT2D eigenvalue weighted by Crippen LogP contribution is 2.41. The first-order valence-electron chi connectivity index (χ1n) is 7.40. The lowest BCUT2D eigenvalue weighted by atomic mass is 9.81. The summed E-state index contributed by atoms with van der Waals surface area (Å²) < 4.78 is 39.5. The summed E-state index contributed by atoms with van der Waals surface area (Å²) in [6.45, 7) is 3.49. The van der Waals surface area contributed by atoms with Crippen molar-refractivity contribution in [3.63, 3.8) is 0 Å². The zero-order valence-corrected chi connectivity index (χ0v) is 11.5. The normalized spacial score (nSPS) is 32.8. The van der Waals surface area contributed by atoms with Gasteiger partial charge >= 0.3 is 6.18 Å². The summed E-state index contributed by atoms with van der Waals surface area (Å²) in [7, 11) is 0. The van der Waals surface area contributed by atoms with Crippen molar-refractivity contribution in [1.29, 1.82) is 0 Å². The Labute approximate surface area is 113 Å². The first-order valence-corrected chi connectivity index (χ1v) is 7.40. The van der Waals surface area contributed by atoms with Gasteiger partial charge in [0.15, 0.2) is 0 Å². The van der Waals surface area contributed by atoms with E-state index < -0.39 is 24.2 Å². The van der Waals surface area contributed by atoms with Gasteiger partial charge < -0.3 is 5.11 Å². The molecule has 0 amide bonds. The molecule has 19 heavy (non-hydrogen) atoms. The predicted octanol–water partition coefficient (Wildman–Crippen LogP) is 3.20. The van der Waals surface area contributed by atoms with Crippen LogP contribution in [-0.2, 0) is 0 Å². The van der Waals surface area contributed by atoms with E-state index in [-0.39, 0.29) is 19.3 Å². The number of nitrogens with zero attached hydrogens (tertiary/aromatic N) is 1. The molecule has 2 nitrogen and oxygen atoms in total. The summed E-state index contributed by atoms with van der Waals surface area (Å²) in [4.78, 5) is 2.00. The summed E-state index contributed by atoms with van der Waals surface area (Å²) in [5, 5.41) is 9.74. The van der Waals surface area contributed by atoms with Crippen LogP contribution in [0.1, 0.15) is 45.4 Å². The molecule has 5 heteroatoms. The predicted molar refractivity (Wildman–Crippen MR) is 67.8 cm³/mol. The maximum atomic E-state index is 13.2. The third kappa shape index (κ3) is 4.09. The van der Waals surface area contributed by atoms with Gasteiger partial charge in [0, 0.05) is 12.6 Å². The van der Waals surface area contributed by atoms with E-state index in [4.69, 9.17) is 0 Å². The number of hydrogen-bond donors (Lipinski definition) is 1. The maximum absolute atomic E-state index is 13.2. The second-order valence-corrected chi connectivity index (χ2v) is 6.12. The molecule has 0 heterocycles. The molecule has 0 spiro atoms.